The van der Waals surface area contributed by atoms with E-state index in [1.807, 2.05) is 12.1 Å². The van der Waals surface area contributed by atoms with Gasteiger partial charge < -0.3 is 19.9 Å². The third-order valence-corrected chi connectivity index (χ3v) is 4.09. The topological polar surface area (TPSA) is 103 Å². The molecule has 27 heavy (non-hydrogen) atoms. The summed E-state index contributed by atoms with van der Waals surface area (Å²) < 4.78 is 25.6. The van der Waals surface area contributed by atoms with E-state index >= 15 is 0 Å². The van der Waals surface area contributed by atoms with E-state index < -0.39 is 35.7 Å². The van der Waals surface area contributed by atoms with E-state index in [4.69, 9.17) is 14.6 Å². The van der Waals surface area contributed by atoms with Crippen LogP contribution in [0.25, 0.3) is 0 Å². The first-order chi connectivity index (χ1) is 13.0. The molecule has 2 heterocycles. The zero-order valence-corrected chi connectivity index (χ0v) is 14.7. The number of carbonyl (C=O) groups is 1. The Bertz CT molecular complexity index is 868. The number of hydrogen-bond acceptors (Lipinski definition) is 6. The molecule has 0 saturated carbocycles. The molecule has 1 aliphatic heterocycles. The van der Waals surface area contributed by atoms with E-state index in [-0.39, 0.29) is 13.2 Å². The number of aliphatic hydroxyl groups is 1. The number of benzene rings is 1. The summed E-state index contributed by atoms with van der Waals surface area (Å²) in [7, 11) is 0. The van der Waals surface area contributed by atoms with Gasteiger partial charge in [-0.15, -0.1) is 0 Å². The van der Waals surface area contributed by atoms with Crippen molar-refractivity contribution >= 4 is 11.7 Å². The number of rotatable bonds is 6. The molecule has 3 rings (SSSR count). The van der Waals surface area contributed by atoms with Gasteiger partial charge in [0.2, 0.25) is 0 Å². The molecular formula is C18H20FN3O5. The van der Waals surface area contributed by atoms with Crippen LogP contribution in [0.5, 0.6) is 0 Å². The molecule has 144 valence electrons. The standard InChI is InChI=1S/C18H20FN3O5/c1-2-3-11-4-6-12(7-5-11)17(24)20-16-13(19)8-22(18(25)21-16)14-10-26-15(9-23)27-14/h4-8,14-15,23H,2-3,9-10H2,1H3,(H,20,21,24,25). The Hall–Kier alpha value is -2.62. The van der Waals surface area contributed by atoms with E-state index in [1.54, 1.807) is 12.1 Å². The van der Waals surface area contributed by atoms with Crippen molar-refractivity contribution in [2.45, 2.75) is 32.3 Å². The Balaban J connectivity index is 1.74. The Morgan fingerprint density at radius 3 is 2.78 bits per heavy atom. The van der Waals surface area contributed by atoms with Gasteiger partial charge in [0.25, 0.3) is 5.91 Å². The minimum absolute atomic E-state index is 0.0257. The van der Waals surface area contributed by atoms with Gasteiger partial charge in [0.1, 0.15) is 0 Å². The molecule has 8 nitrogen and oxygen atoms in total. The van der Waals surface area contributed by atoms with Gasteiger partial charge in [-0.1, -0.05) is 25.5 Å². The normalized spacial score (nSPS) is 19.2. The highest BCUT2D eigenvalue weighted by Gasteiger charge is 2.28. The summed E-state index contributed by atoms with van der Waals surface area (Å²) in [6.07, 6.45) is 1.02. The molecule has 2 unspecified atom stereocenters. The molecule has 0 spiro atoms. The van der Waals surface area contributed by atoms with Gasteiger partial charge >= 0.3 is 5.69 Å². The number of nitrogens with one attached hydrogen (secondary N) is 1. The van der Waals surface area contributed by atoms with Crippen molar-refractivity contribution in [2.24, 2.45) is 0 Å². The first-order valence-corrected chi connectivity index (χ1v) is 8.58. The minimum atomic E-state index is -0.896. The third kappa shape index (κ3) is 4.38. The van der Waals surface area contributed by atoms with Crippen molar-refractivity contribution < 1.29 is 23.8 Å². The number of aliphatic hydroxyl groups excluding tert-OH is 1. The number of nitrogens with zero attached hydrogens (tertiary/aromatic N) is 2. The number of amides is 1. The Kier molecular flexibility index (Phi) is 5.94. The highest BCUT2D eigenvalue weighted by Crippen LogP contribution is 2.20. The quantitative estimate of drug-likeness (QED) is 0.790. The molecule has 1 fully saturated rings. The zero-order valence-electron chi connectivity index (χ0n) is 14.7. The zero-order chi connectivity index (χ0) is 19.4. The molecule has 0 bridgehead atoms. The van der Waals surface area contributed by atoms with Crippen LogP contribution in [0.1, 0.15) is 35.5 Å². The van der Waals surface area contributed by atoms with E-state index in [0.717, 1.165) is 29.2 Å². The van der Waals surface area contributed by atoms with Crippen LogP contribution in [0.4, 0.5) is 10.2 Å². The second kappa shape index (κ2) is 8.38. The fraction of sp³-hybridized carbons (Fsp3) is 0.389. The number of aromatic nitrogens is 2. The highest BCUT2D eigenvalue weighted by atomic mass is 19.1. The van der Waals surface area contributed by atoms with Crippen LogP contribution in [-0.2, 0) is 15.9 Å². The van der Waals surface area contributed by atoms with Crippen molar-refractivity contribution in [2.75, 3.05) is 18.5 Å². The first-order valence-electron chi connectivity index (χ1n) is 8.58. The summed E-state index contributed by atoms with van der Waals surface area (Å²) in [5, 5.41) is 11.3. The molecule has 2 N–H and O–H groups in total. The fourth-order valence-electron chi connectivity index (χ4n) is 2.72. The van der Waals surface area contributed by atoms with Crippen molar-refractivity contribution in [1.29, 1.82) is 0 Å². The largest absolute Gasteiger partial charge is 0.391 e. The van der Waals surface area contributed by atoms with Crippen LogP contribution < -0.4 is 11.0 Å². The maximum absolute atomic E-state index is 14.3. The highest BCUT2D eigenvalue weighted by molar-refractivity contribution is 6.03. The molecule has 0 radical (unpaired) electrons. The Labute approximate surface area is 154 Å². The maximum Gasteiger partial charge on any atom is 0.351 e. The lowest BCUT2D eigenvalue weighted by atomic mass is 10.1. The second-order valence-corrected chi connectivity index (χ2v) is 6.06. The van der Waals surface area contributed by atoms with Gasteiger partial charge in [-0.3, -0.25) is 9.36 Å². The molecule has 2 atom stereocenters. The lowest BCUT2D eigenvalue weighted by Gasteiger charge is -2.13. The number of carbonyl (C=O) groups excluding carboxylic acids is 1. The Morgan fingerprint density at radius 2 is 2.15 bits per heavy atom. The number of ether oxygens (including phenoxy) is 2. The second-order valence-electron chi connectivity index (χ2n) is 6.06. The molecule has 9 heteroatoms. The number of aryl methyl sites for hydroxylation is 1. The maximum atomic E-state index is 14.3. The van der Waals surface area contributed by atoms with Gasteiger partial charge in [0.15, 0.2) is 24.2 Å². The number of hydrogen-bond donors (Lipinski definition) is 2. The summed E-state index contributed by atoms with van der Waals surface area (Å²) in [5.41, 5.74) is 0.622. The summed E-state index contributed by atoms with van der Waals surface area (Å²) in [5.74, 6) is -1.92. The summed E-state index contributed by atoms with van der Waals surface area (Å²) >= 11 is 0. The summed E-state index contributed by atoms with van der Waals surface area (Å²) in [6, 6.07) is 6.93. The average Bonchev–Trinajstić information content (AvgIpc) is 3.14. The number of halogens is 1. The predicted molar refractivity (Wildman–Crippen MR) is 93.8 cm³/mol. The fourth-order valence-corrected chi connectivity index (χ4v) is 2.72. The molecule has 1 aromatic heterocycles. The molecule has 1 amide bonds. The molecular weight excluding hydrogens is 357 g/mol. The molecule has 1 saturated heterocycles. The van der Waals surface area contributed by atoms with Crippen LogP contribution in [0.3, 0.4) is 0 Å². The summed E-state index contributed by atoms with van der Waals surface area (Å²) in [4.78, 5) is 28.0. The monoisotopic (exact) mass is 377 g/mol. The van der Waals surface area contributed by atoms with E-state index in [1.165, 1.54) is 0 Å². The van der Waals surface area contributed by atoms with Crippen LogP contribution >= 0.6 is 0 Å². The lowest BCUT2D eigenvalue weighted by Crippen LogP contribution is -2.30. The van der Waals surface area contributed by atoms with E-state index in [0.29, 0.717) is 5.56 Å². The number of anilines is 1. The molecule has 0 aliphatic carbocycles. The summed E-state index contributed by atoms with van der Waals surface area (Å²) in [6.45, 7) is 1.65. The Morgan fingerprint density at radius 1 is 1.41 bits per heavy atom. The van der Waals surface area contributed by atoms with Crippen molar-refractivity contribution in [1.82, 2.24) is 9.55 Å². The van der Waals surface area contributed by atoms with Crippen molar-refractivity contribution in [3.05, 3.63) is 57.9 Å². The minimum Gasteiger partial charge on any atom is -0.391 e. The van der Waals surface area contributed by atoms with E-state index in [2.05, 4.69) is 17.2 Å². The van der Waals surface area contributed by atoms with Gasteiger partial charge in [-0.2, -0.15) is 4.98 Å². The van der Waals surface area contributed by atoms with Crippen LogP contribution in [-0.4, -0.2) is 40.1 Å². The molecule has 1 aliphatic rings. The van der Waals surface area contributed by atoms with Crippen molar-refractivity contribution in [3.8, 4) is 0 Å². The first kappa shape index (κ1) is 19.2. The third-order valence-electron chi connectivity index (χ3n) is 4.09. The molecule has 2 aromatic rings. The van der Waals surface area contributed by atoms with Crippen molar-refractivity contribution in [3.63, 3.8) is 0 Å². The van der Waals surface area contributed by atoms with Crippen LogP contribution in [0.15, 0.2) is 35.3 Å². The van der Waals surface area contributed by atoms with E-state index in [9.17, 15) is 14.0 Å². The van der Waals surface area contributed by atoms with Gasteiger partial charge in [-0.25, -0.2) is 9.18 Å². The lowest BCUT2D eigenvalue weighted by molar-refractivity contribution is -0.0993. The van der Waals surface area contributed by atoms with Crippen LogP contribution in [0.2, 0.25) is 0 Å². The SMILES string of the molecule is CCCc1ccc(C(=O)Nc2nc(=O)n(C3COC(CO)O3)cc2F)cc1. The smallest absolute Gasteiger partial charge is 0.351 e. The average molecular weight is 377 g/mol. The van der Waals surface area contributed by atoms with Crippen LogP contribution in [0, 0.1) is 5.82 Å². The molecule has 1 aromatic carbocycles. The van der Waals surface area contributed by atoms with Gasteiger partial charge in [-0.05, 0) is 24.1 Å². The predicted octanol–water partition coefficient (Wildman–Crippen LogP) is 1.45. The van der Waals surface area contributed by atoms with Gasteiger partial charge in [0.05, 0.1) is 19.4 Å². The van der Waals surface area contributed by atoms with Gasteiger partial charge in [0, 0.05) is 5.56 Å².